The molecule has 3 aromatic rings. The van der Waals surface area contributed by atoms with Gasteiger partial charge < -0.3 is 10.1 Å². The Morgan fingerprint density at radius 2 is 1.70 bits per heavy atom. The molecular formula is C27H25ClN4O4S. The van der Waals surface area contributed by atoms with Gasteiger partial charge in [-0.15, -0.1) is 0 Å². The summed E-state index contributed by atoms with van der Waals surface area (Å²) in [5.41, 5.74) is 3.11. The number of nitrogens with one attached hydrogen (secondary N) is 1. The molecule has 0 atom stereocenters. The van der Waals surface area contributed by atoms with Gasteiger partial charge in [-0.2, -0.15) is 0 Å². The second-order valence-corrected chi connectivity index (χ2v) is 10.1. The van der Waals surface area contributed by atoms with Crippen LogP contribution in [0.5, 0.6) is 0 Å². The van der Waals surface area contributed by atoms with Gasteiger partial charge >= 0.3 is 5.97 Å². The van der Waals surface area contributed by atoms with Crippen molar-refractivity contribution in [3.05, 3.63) is 92.7 Å². The molecule has 4 rings (SSSR count). The topological polar surface area (TPSA) is 101 Å². The maximum absolute atomic E-state index is 13.5. The summed E-state index contributed by atoms with van der Waals surface area (Å²) in [6.45, 7) is 7.27. The summed E-state index contributed by atoms with van der Waals surface area (Å²) in [6.07, 6.45) is -0.275. The number of carbonyl (C=O) groups is 3. The van der Waals surface area contributed by atoms with E-state index in [2.05, 4.69) is 15.3 Å². The molecule has 0 aliphatic carbocycles. The van der Waals surface area contributed by atoms with Gasteiger partial charge in [-0.3, -0.25) is 14.5 Å². The lowest BCUT2D eigenvalue weighted by molar-refractivity contribution is -0.137. The Morgan fingerprint density at radius 3 is 2.35 bits per heavy atom. The van der Waals surface area contributed by atoms with E-state index in [0.29, 0.717) is 21.4 Å². The number of nitrogens with zero attached hydrogens (tertiary/aromatic N) is 3. The van der Waals surface area contributed by atoms with Crippen LogP contribution >= 0.6 is 23.4 Å². The van der Waals surface area contributed by atoms with Gasteiger partial charge in [0.05, 0.1) is 18.2 Å². The number of anilines is 1. The molecule has 0 radical (unpaired) electrons. The van der Waals surface area contributed by atoms with E-state index in [1.807, 2.05) is 19.9 Å². The van der Waals surface area contributed by atoms with Crippen molar-refractivity contribution in [1.82, 2.24) is 14.9 Å². The van der Waals surface area contributed by atoms with Crippen molar-refractivity contribution in [2.75, 3.05) is 5.32 Å². The lowest BCUT2D eigenvalue weighted by Crippen LogP contribution is -2.32. The maximum Gasteiger partial charge on any atom is 0.338 e. The van der Waals surface area contributed by atoms with Crippen molar-refractivity contribution < 1.29 is 19.1 Å². The molecule has 10 heteroatoms. The number of amides is 2. The van der Waals surface area contributed by atoms with Gasteiger partial charge in [0.2, 0.25) is 0 Å². The quantitative estimate of drug-likeness (QED) is 0.235. The molecule has 1 aromatic heterocycles. The van der Waals surface area contributed by atoms with Crippen LogP contribution in [-0.4, -0.2) is 38.8 Å². The molecule has 2 amide bonds. The van der Waals surface area contributed by atoms with Crippen molar-refractivity contribution in [3.63, 3.8) is 0 Å². The first-order chi connectivity index (χ1) is 17.6. The van der Waals surface area contributed by atoms with E-state index < -0.39 is 17.8 Å². The van der Waals surface area contributed by atoms with Gasteiger partial charge in [-0.1, -0.05) is 29.8 Å². The number of aromatic nitrogens is 2. The molecule has 0 fully saturated rings. The summed E-state index contributed by atoms with van der Waals surface area (Å²) in [6, 6.07) is 15.3. The largest absolute Gasteiger partial charge is 0.459 e. The molecule has 37 heavy (non-hydrogen) atoms. The number of rotatable bonds is 8. The van der Waals surface area contributed by atoms with Crippen LogP contribution in [0.3, 0.4) is 0 Å². The molecule has 0 saturated heterocycles. The summed E-state index contributed by atoms with van der Waals surface area (Å²) in [5, 5.41) is 3.97. The van der Waals surface area contributed by atoms with Gasteiger partial charge in [0, 0.05) is 22.1 Å². The number of benzene rings is 2. The minimum Gasteiger partial charge on any atom is -0.459 e. The van der Waals surface area contributed by atoms with Crippen molar-refractivity contribution >= 4 is 46.8 Å². The Morgan fingerprint density at radius 1 is 1.03 bits per heavy atom. The zero-order chi connectivity index (χ0) is 26.7. The summed E-state index contributed by atoms with van der Waals surface area (Å²) in [4.78, 5) is 49.5. The predicted octanol–water partition coefficient (Wildman–Crippen LogP) is 5.30. The average molecular weight is 537 g/mol. The zero-order valence-corrected chi connectivity index (χ0v) is 22.3. The number of aryl methyl sites for hydroxylation is 2. The van der Waals surface area contributed by atoms with Crippen LogP contribution in [0.15, 0.2) is 70.4 Å². The van der Waals surface area contributed by atoms with Gasteiger partial charge in [-0.05, 0) is 81.4 Å². The Hall–Kier alpha value is -3.69. The molecule has 190 valence electrons. The third kappa shape index (κ3) is 6.36. The fourth-order valence-electron chi connectivity index (χ4n) is 3.66. The molecule has 1 aliphatic heterocycles. The fraction of sp³-hybridized carbons (Fsp3) is 0.222. The Labute approximate surface area is 224 Å². The zero-order valence-electron chi connectivity index (χ0n) is 20.7. The van der Waals surface area contributed by atoms with Crippen LogP contribution in [0.4, 0.5) is 5.69 Å². The molecule has 2 aromatic carbocycles. The van der Waals surface area contributed by atoms with E-state index >= 15 is 0 Å². The number of hydrogen-bond donors (Lipinski definition) is 1. The van der Waals surface area contributed by atoms with Gasteiger partial charge in [0.1, 0.15) is 10.6 Å². The van der Waals surface area contributed by atoms with E-state index in [4.69, 9.17) is 16.3 Å². The van der Waals surface area contributed by atoms with E-state index in [1.54, 1.807) is 62.4 Å². The summed E-state index contributed by atoms with van der Waals surface area (Å²) >= 11 is 7.01. The van der Waals surface area contributed by atoms with Crippen LogP contribution in [0.1, 0.15) is 41.2 Å². The van der Waals surface area contributed by atoms with Crippen LogP contribution < -0.4 is 5.32 Å². The first kappa shape index (κ1) is 26.4. The van der Waals surface area contributed by atoms with Crippen LogP contribution in [-0.2, 0) is 20.9 Å². The number of ether oxygens (including phenoxy) is 1. The lowest BCUT2D eigenvalue weighted by Gasteiger charge is -2.15. The number of halogens is 1. The maximum atomic E-state index is 13.5. The van der Waals surface area contributed by atoms with Crippen LogP contribution in [0.2, 0.25) is 5.02 Å². The van der Waals surface area contributed by atoms with E-state index in [0.717, 1.165) is 33.6 Å². The molecule has 0 unspecified atom stereocenters. The second kappa shape index (κ2) is 11.1. The number of carbonyl (C=O) groups excluding carboxylic acids is 3. The van der Waals surface area contributed by atoms with Gasteiger partial charge in [-0.25, -0.2) is 14.8 Å². The predicted molar refractivity (Wildman–Crippen MR) is 142 cm³/mol. The Bertz CT molecular complexity index is 1390. The fourth-order valence-corrected chi connectivity index (χ4v) is 4.78. The third-order valence-electron chi connectivity index (χ3n) is 5.24. The minimum absolute atomic E-state index is 0.0680. The van der Waals surface area contributed by atoms with Crippen molar-refractivity contribution in [2.45, 2.75) is 45.5 Å². The lowest BCUT2D eigenvalue weighted by atomic mass is 10.2. The van der Waals surface area contributed by atoms with Gasteiger partial charge in [0.25, 0.3) is 11.8 Å². The molecule has 1 aliphatic rings. The molecule has 0 spiro atoms. The second-order valence-electron chi connectivity index (χ2n) is 8.72. The smallest absolute Gasteiger partial charge is 0.338 e. The molecule has 0 saturated carbocycles. The number of esters is 1. The first-order valence-electron chi connectivity index (χ1n) is 11.5. The Balaban J connectivity index is 1.68. The number of thioether (sulfide) groups is 1. The summed E-state index contributed by atoms with van der Waals surface area (Å²) < 4.78 is 5.28. The summed E-state index contributed by atoms with van der Waals surface area (Å²) in [7, 11) is 0. The highest BCUT2D eigenvalue weighted by Gasteiger charge is 2.39. The van der Waals surface area contributed by atoms with Gasteiger partial charge in [0.15, 0.2) is 5.16 Å². The van der Waals surface area contributed by atoms with E-state index in [1.165, 1.54) is 0 Å². The molecule has 0 bridgehead atoms. The number of imide groups is 1. The van der Waals surface area contributed by atoms with E-state index in [-0.39, 0.29) is 23.3 Å². The average Bonchev–Trinajstić information content (AvgIpc) is 3.04. The van der Waals surface area contributed by atoms with E-state index in [9.17, 15) is 14.4 Å². The standard InChI is InChI=1S/C27H25ClN4O4S/c1-15(2)36-26(35)19-6-5-7-21(13-19)31-22-23(37-27-29-16(3)12-17(4)30-27)25(34)32(24(22)33)14-18-8-10-20(28)11-9-18/h5-13,15,31H,14H2,1-4H3. The first-order valence-corrected chi connectivity index (χ1v) is 12.7. The monoisotopic (exact) mass is 536 g/mol. The van der Waals surface area contributed by atoms with Crippen molar-refractivity contribution in [2.24, 2.45) is 0 Å². The third-order valence-corrected chi connectivity index (χ3v) is 6.44. The summed E-state index contributed by atoms with van der Waals surface area (Å²) in [5.74, 6) is -1.45. The molecule has 2 heterocycles. The van der Waals surface area contributed by atoms with Crippen LogP contribution in [0.25, 0.3) is 0 Å². The molecular weight excluding hydrogens is 512 g/mol. The highest BCUT2D eigenvalue weighted by Crippen LogP contribution is 2.35. The molecule has 8 nitrogen and oxygen atoms in total. The highest BCUT2D eigenvalue weighted by atomic mass is 35.5. The highest BCUT2D eigenvalue weighted by molar-refractivity contribution is 8.04. The SMILES string of the molecule is Cc1cc(C)nc(SC2=C(Nc3cccc(C(=O)OC(C)C)c3)C(=O)N(Cc3ccc(Cl)cc3)C2=O)n1. The van der Waals surface area contributed by atoms with Crippen LogP contribution in [0, 0.1) is 13.8 Å². The van der Waals surface area contributed by atoms with Crippen molar-refractivity contribution in [3.8, 4) is 0 Å². The Kier molecular flexibility index (Phi) is 7.94. The normalized spacial score (nSPS) is 13.5. The minimum atomic E-state index is -0.498. The van der Waals surface area contributed by atoms with Crippen molar-refractivity contribution in [1.29, 1.82) is 0 Å². The number of hydrogen-bond acceptors (Lipinski definition) is 8. The molecule has 1 N–H and O–H groups in total.